The summed E-state index contributed by atoms with van der Waals surface area (Å²) in [6, 6.07) is 0. The molecule has 0 saturated carbocycles. The molecular weight excluding hydrogens is 281 g/mol. The zero-order valence-electron chi connectivity index (χ0n) is 11.3. The number of fused-ring (bicyclic) bond motifs is 1. The Hall–Kier alpha value is -1.84. The van der Waals surface area contributed by atoms with Gasteiger partial charge in [-0.25, -0.2) is 18.9 Å². The first-order chi connectivity index (χ1) is 10.0. The van der Waals surface area contributed by atoms with Crippen LogP contribution in [0.5, 0.6) is 0 Å². The van der Waals surface area contributed by atoms with Gasteiger partial charge in [-0.15, -0.1) is 5.10 Å². The molecule has 0 unspecified atom stereocenters. The summed E-state index contributed by atoms with van der Waals surface area (Å²) in [6.07, 6.45) is -1.14. The molecule has 0 aromatic carbocycles. The maximum absolute atomic E-state index is 14.4. The molecule has 1 fully saturated rings. The van der Waals surface area contributed by atoms with Crippen molar-refractivity contribution in [3.05, 3.63) is 18.1 Å². The van der Waals surface area contributed by atoms with Crippen molar-refractivity contribution in [2.75, 3.05) is 12.3 Å². The van der Waals surface area contributed by atoms with E-state index >= 15 is 0 Å². The van der Waals surface area contributed by atoms with Gasteiger partial charge in [-0.3, -0.25) is 0 Å². The van der Waals surface area contributed by atoms with Crippen molar-refractivity contribution in [3.8, 4) is 0 Å². The molecule has 0 radical (unpaired) electrons. The molecule has 9 heteroatoms. The molecule has 8 nitrogen and oxygen atoms in total. The maximum atomic E-state index is 14.4. The summed E-state index contributed by atoms with van der Waals surface area (Å²) in [5.41, 5.74) is 4.90. The lowest BCUT2D eigenvalue weighted by Gasteiger charge is -2.28. The van der Waals surface area contributed by atoms with Gasteiger partial charge in [0.1, 0.15) is 17.8 Å². The number of aliphatic hydroxyl groups is 2. The van der Waals surface area contributed by atoms with Crippen LogP contribution in [-0.2, 0) is 4.74 Å². The van der Waals surface area contributed by atoms with Gasteiger partial charge < -0.3 is 20.7 Å². The Balaban J connectivity index is 2.05. The Morgan fingerprint density at radius 2 is 2.24 bits per heavy atom. The van der Waals surface area contributed by atoms with E-state index in [9.17, 15) is 14.6 Å². The molecule has 0 spiro atoms. The number of nitrogens with zero attached hydrogens (tertiary/aromatic N) is 4. The second-order valence-electron chi connectivity index (χ2n) is 5.07. The standard InChI is InChI=1S/C12H16FN5O3/c1-2-12(5-19)10(20)8(13)9(21-12)6-3-15-7-4-16-11(14)17-18(6)7/h3-4,8-10,19-20H,2,5H2,1H3,(H2,14,17)/t8-,9-,10-,12+/m0/s1. The Morgan fingerprint density at radius 1 is 1.48 bits per heavy atom. The molecule has 2 aromatic rings. The van der Waals surface area contributed by atoms with Crippen molar-refractivity contribution in [1.82, 2.24) is 19.6 Å². The number of hydrogen-bond donors (Lipinski definition) is 3. The van der Waals surface area contributed by atoms with Gasteiger partial charge in [-0.05, 0) is 6.42 Å². The zero-order valence-corrected chi connectivity index (χ0v) is 11.3. The van der Waals surface area contributed by atoms with Crippen LogP contribution in [0.1, 0.15) is 25.1 Å². The van der Waals surface area contributed by atoms with Crippen LogP contribution < -0.4 is 5.73 Å². The third-order valence-electron chi connectivity index (χ3n) is 3.95. The van der Waals surface area contributed by atoms with Crippen LogP contribution in [0, 0.1) is 0 Å². The van der Waals surface area contributed by atoms with E-state index in [-0.39, 0.29) is 12.4 Å². The van der Waals surface area contributed by atoms with E-state index in [4.69, 9.17) is 10.5 Å². The summed E-state index contributed by atoms with van der Waals surface area (Å²) < 4.78 is 21.4. The van der Waals surface area contributed by atoms with Crippen LogP contribution in [0.15, 0.2) is 12.4 Å². The third kappa shape index (κ3) is 1.96. The first-order valence-electron chi connectivity index (χ1n) is 6.59. The minimum Gasteiger partial charge on any atom is -0.393 e. The molecule has 4 N–H and O–H groups in total. The quantitative estimate of drug-likeness (QED) is 0.706. The minimum absolute atomic E-state index is 0.0135. The highest BCUT2D eigenvalue weighted by Gasteiger charge is 2.55. The number of hydrogen-bond acceptors (Lipinski definition) is 7. The Labute approximate surface area is 119 Å². The molecule has 1 saturated heterocycles. The average molecular weight is 297 g/mol. The average Bonchev–Trinajstić information content (AvgIpc) is 3.00. The molecule has 0 bridgehead atoms. The lowest BCUT2D eigenvalue weighted by atomic mass is 9.93. The van der Waals surface area contributed by atoms with Gasteiger partial charge in [-0.1, -0.05) is 6.92 Å². The Kier molecular flexibility index (Phi) is 3.27. The number of imidazole rings is 1. The van der Waals surface area contributed by atoms with Crippen molar-refractivity contribution in [3.63, 3.8) is 0 Å². The van der Waals surface area contributed by atoms with E-state index in [1.165, 1.54) is 16.9 Å². The summed E-state index contributed by atoms with van der Waals surface area (Å²) in [5, 5.41) is 23.5. The van der Waals surface area contributed by atoms with Crippen LogP contribution in [0.4, 0.5) is 10.3 Å². The first-order valence-corrected chi connectivity index (χ1v) is 6.59. The van der Waals surface area contributed by atoms with Crippen molar-refractivity contribution in [2.45, 2.75) is 37.3 Å². The lowest BCUT2D eigenvalue weighted by molar-refractivity contribution is -0.115. The number of rotatable bonds is 3. The molecule has 1 aliphatic heterocycles. The summed E-state index contributed by atoms with van der Waals surface area (Å²) in [6.45, 7) is 1.23. The van der Waals surface area contributed by atoms with E-state index in [2.05, 4.69) is 15.1 Å². The summed E-state index contributed by atoms with van der Waals surface area (Å²) in [7, 11) is 0. The molecule has 21 heavy (non-hydrogen) atoms. The summed E-state index contributed by atoms with van der Waals surface area (Å²) in [5.74, 6) is 0.0135. The Bertz CT molecular complexity index is 659. The predicted molar refractivity (Wildman–Crippen MR) is 70.0 cm³/mol. The van der Waals surface area contributed by atoms with Crippen LogP contribution in [0.2, 0.25) is 0 Å². The number of ether oxygens (including phenoxy) is 1. The van der Waals surface area contributed by atoms with E-state index < -0.39 is 30.6 Å². The highest BCUT2D eigenvalue weighted by atomic mass is 19.1. The second-order valence-corrected chi connectivity index (χ2v) is 5.07. The first kappa shape index (κ1) is 14.1. The van der Waals surface area contributed by atoms with Gasteiger partial charge in [0.15, 0.2) is 11.8 Å². The smallest absolute Gasteiger partial charge is 0.238 e. The molecule has 4 atom stereocenters. The van der Waals surface area contributed by atoms with Crippen LogP contribution in [-0.4, -0.2) is 54.3 Å². The SMILES string of the molecule is CC[C@]1(CO)O[C@@H](c2cnc3cnc(N)nn23)[C@H](F)[C@@H]1O. The van der Waals surface area contributed by atoms with Crippen molar-refractivity contribution < 1.29 is 19.3 Å². The van der Waals surface area contributed by atoms with Gasteiger partial charge in [0.25, 0.3) is 0 Å². The maximum Gasteiger partial charge on any atom is 0.238 e. The highest BCUT2D eigenvalue weighted by Crippen LogP contribution is 2.43. The fourth-order valence-corrected chi connectivity index (χ4v) is 2.62. The molecule has 0 aliphatic carbocycles. The number of halogens is 1. The topological polar surface area (TPSA) is 119 Å². The molecule has 1 aliphatic rings. The molecule has 2 aromatic heterocycles. The molecule has 0 amide bonds. The number of alkyl halides is 1. The van der Waals surface area contributed by atoms with Crippen molar-refractivity contribution >= 4 is 11.6 Å². The van der Waals surface area contributed by atoms with Crippen LogP contribution in [0.3, 0.4) is 0 Å². The van der Waals surface area contributed by atoms with Crippen molar-refractivity contribution in [1.29, 1.82) is 0 Å². The number of nitrogen functional groups attached to an aromatic ring is 1. The number of aliphatic hydroxyl groups excluding tert-OH is 2. The van der Waals surface area contributed by atoms with Gasteiger partial charge >= 0.3 is 0 Å². The zero-order chi connectivity index (χ0) is 15.2. The van der Waals surface area contributed by atoms with Crippen LogP contribution >= 0.6 is 0 Å². The fourth-order valence-electron chi connectivity index (χ4n) is 2.62. The predicted octanol–water partition coefficient (Wildman–Crippen LogP) is -0.382. The molecule has 114 valence electrons. The summed E-state index contributed by atoms with van der Waals surface area (Å²) in [4.78, 5) is 7.86. The van der Waals surface area contributed by atoms with Crippen LogP contribution in [0.25, 0.3) is 5.65 Å². The normalized spacial score (nSPS) is 32.9. The third-order valence-corrected chi connectivity index (χ3v) is 3.95. The van der Waals surface area contributed by atoms with Gasteiger partial charge in [0, 0.05) is 0 Å². The second kappa shape index (κ2) is 4.86. The van der Waals surface area contributed by atoms with Crippen molar-refractivity contribution in [2.24, 2.45) is 0 Å². The largest absolute Gasteiger partial charge is 0.393 e. The monoisotopic (exact) mass is 297 g/mol. The molecule has 3 heterocycles. The number of anilines is 1. The Morgan fingerprint density at radius 3 is 2.86 bits per heavy atom. The highest BCUT2D eigenvalue weighted by molar-refractivity contribution is 5.38. The van der Waals surface area contributed by atoms with E-state index in [1.54, 1.807) is 6.92 Å². The van der Waals surface area contributed by atoms with E-state index in [1.807, 2.05) is 0 Å². The van der Waals surface area contributed by atoms with E-state index in [0.717, 1.165) is 0 Å². The van der Waals surface area contributed by atoms with Gasteiger partial charge in [0.05, 0.1) is 24.7 Å². The molecular formula is C12H16FN5O3. The van der Waals surface area contributed by atoms with Gasteiger partial charge in [-0.2, -0.15) is 0 Å². The lowest BCUT2D eigenvalue weighted by Crippen LogP contribution is -2.44. The van der Waals surface area contributed by atoms with E-state index in [0.29, 0.717) is 11.3 Å². The number of nitrogens with two attached hydrogens (primary N) is 1. The molecule has 3 rings (SSSR count). The summed E-state index contributed by atoms with van der Waals surface area (Å²) >= 11 is 0. The fraction of sp³-hybridized carbons (Fsp3) is 0.583. The van der Waals surface area contributed by atoms with Gasteiger partial charge in [0.2, 0.25) is 5.95 Å². The number of aromatic nitrogens is 4. The minimum atomic E-state index is -1.70.